The van der Waals surface area contributed by atoms with E-state index in [0.717, 1.165) is 5.56 Å². The Kier molecular flexibility index (Phi) is 3.53. The zero-order valence-corrected chi connectivity index (χ0v) is 13.4. The van der Waals surface area contributed by atoms with E-state index in [0.29, 0.717) is 21.8 Å². The van der Waals surface area contributed by atoms with Crippen LogP contribution in [-0.4, -0.2) is 4.98 Å². The molecule has 0 unspecified atom stereocenters. The summed E-state index contributed by atoms with van der Waals surface area (Å²) < 4.78 is 5.33. The molecule has 2 aromatic carbocycles. The molecule has 0 aliphatic heterocycles. The predicted octanol–water partition coefficient (Wildman–Crippen LogP) is 4.81. The summed E-state index contributed by atoms with van der Waals surface area (Å²) in [7, 11) is 0. The van der Waals surface area contributed by atoms with Crippen molar-refractivity contribution in [3.8, 4) is 11.5 Å². The van der Waals surface area contributed by atoms with Crippen LogP contribution in [0.5, 0.6) is 0 Å². The summed E-state index contributed by atoms with van der Waals surface area (Å²) in [4.78, 5) is 16.5. The first kappa shape index (κ1) is 14.8. The van der Waals surface area contributed by atoms with Gasteiger partial charge in [-0.3, -0.25) is 0 Å². The Labute approximate surface area is 133 Å². The van der Waals surface area contributed by atoms with Crippen molar-refractivity contribution in [1.82, 2.24) is 4.98 Å². The molecule has 3 nitrogen and oxygen atoms in total. The Morgan fingerprint density at radius 3 is 2.36 bits per heavy atom. The first-order chi connectivity index (χ1) is 10.3. The van der Waals surface area contributed by atoms with Gasteiger partial charge in [0.1, 0.15) is 0 Å². The second-order valence-corrected chi connectivity index (χ2v) is 6.73. The van der Waals surface area contributed by atoms with Crippen LogP contribution in [0.4, 0.5) is 0 Å². The average Bonchev–Trinajstić information content (AvgIpc) is 2.46. The third-order valence-corrected chi connectivity index (χ3v) is 3.82. The Morgan fingerprint density at radius 1 is 1.05 bits per heavy atom. The number of rotatable bonds is 1. The predicted molar refractivity (Wildman–Crippen MR) is 89.4 cm³/mol. The minimum absolute atomic E-state index is 0.0731. The van der Waals surface area contributed by atoms with Gasteiger partial charge in [-0.25, -0.2) is 9.78 Å². The van der Waals surface area contributed by atoms with Crippen LogP contribution in [0.2, 0.25) is 5.02 Å². The molecule has 0 radical (unpaired) electrons. The van der Waals surface area contributed by atoms with Gasteiger partial charge in [-0.05, 0) is 41.3 Å². The summed E-state index contributed by atoms with van der Waals surface area (Å²) in [5, 5.41) is 0.971. The zero-order valence-electron chi connectivity index (χ0n) is 12.7. The van der Waals surface area contributed by atoms with Gasteiger partial charge in [0.05, 0.1) is 10.9 Å². The molecule has 0 saturated heterocycles. The standard InChI is InChI=1S/C18H16ClNO2/c1-18(2,3)12-6-4-11(5-7-12)16-20-15-10-13(19)8-9-14(15)17(21)22-16/h4-10H,1-3H3. The highest BCUT2D eigenvalue weighted by Crippen LogP contribution is 2.26. The third kappa shape index (κ3) is 2.77. The molecule has 1 aromatic heterocycles. The summed E-state index contributed by atoms with van der Waals surface area (Å²) in [6.07, 6.45) is 0. The largest absolute Gasteiger partial charge is 0.403 e. The molecule has 0 aliphatic carbocycles. The van der Waals surface area contributed by atoms with E-state index in [9.17, 15) is 4.79 Å². The molecule has 0 fully saturated rings. The van der Waals surface area contributed by atoms with E-state index in [-0.39, 0.29) is 5.41 Å². The average molecular weight is 314 g/mol. The first-order valence-corrected chi connectivity index (χ1v) is 7.44. The van der Waals surface area contributed by atoms with Crippen molar-refractivity contribution < 1.29 is 4.42 Å². The van der Waals surface area contributed by atoms with E-state index in [1.54, 1.807) is 18.2 Å². The Bertz CT molecular complexity index is 890. The summed E-state index contributed by atoms with van der Waals surface area (Å²) >= 11 is 5.97. The van der Waals surface area contributed by atoms with E-state index in [4.69, 9.17) is 16.0 Å². The van der Waals surface area contributed by atoms with Crippen molar-refractivity contribution in [1.29, 1.82) is 0 Å². The van der Waals surface area contributed by atoms with Gasteiger partial charge in [0, 0.05) is 10.6 Å². The van der Waals surface area contributed by atoms with Crippen LogP contribution in [0, 0.1) is 0 Å². The van der Waals surface area contributed by atoms with Gasteiger partial charge in [-0.1, -0.05) is 44.5 Å². The Morgan fingerprint density at radius 2 is 1.73 bits per heavy atom. The molecule has 0 atom stereocenters. The van der Waals surface area contributed by atoms with E-state index >= 15 is 0 Å². The van der Waals surface area contributed by atoms with Gasteiger partial charge >= 0.3 is 5.63 Å². The van der Waals surface area contributed by atoms with E-state index in [1.807, 2.05) is 24.3 Å². The topological polar surface area (TPSA) is 43.1 Å². The van der Waals surface area contributed by atoms with Gasteiger partial charge in [0.15, 0.2) is 0 Å². The van der Waals surface area contributed by atoms with Crippen LogP contribution in [0.1, 0.15) is 26.3 Å². The number of hydrogen-bond donors (Lipinski definition) is 0. The fourth-order valence-corrected chi connectivity index (χ4v) is 2.45. The van der Waals surface area contributed by atoms with Gasteiger partial charge in [-0.15, -0.1) is 0 Å². The van der Waals surface area contributed by atoms with Crippen molar-refractivity contribution in [2.75, 3.05) is 0 Å². The second-order valence-electron chi connectivity index (χ2n) is 6.30. The highest BCUT2D eigenvalue weighted by molar-refractivity contribution is 6.31. The summed E-state index contributed by atoms with van der Waals surface area (Å²) in [6.45, 7) is 6.45. The normalized spacial score (nSPS) is 11.8. The van der Waals surface area contributed by atoms with Crippen LogP contribution >= 0.6 is 11.6 Å². The second kappa shape index (κ2) is 5.25. The van der Waals surface area contributed by atoms with E-state index in [1.165, 1.54) is 5.56 Å². The molecule has 4 heteroatoms. The van der Waals surface area contributed by atoms with Crippen molar-refractivity contribution in [2.24, 2.45) is 0 Å². The smallest absolute Gasteiger partial charge is 0.347 e. The van der Waals surface area contributed by atoms with Gasteiger partial charge in [0.25, 0.3) is 0 Å². The summed E-state index contributed by atoms with van der Waals surface area (Å²) in [5.41, 5.74) is 2.19. The Hall–Kier alpha value is -2.13. The molecule has 3 aromatic rings. The maximum atomic E-state index is 12.1. The van der Waals surface area contributed by atoms with E-state index in [2.05, 4.69) is 25.8 Å². The highest BCUT2D eigenvalue weighted by Gasteiger charge is 2.14. The number of hydrogen-bond acceptors (Lipinski definition) is 3. The highest BCUT2D eigenvalue weighted by atomic mass is 35.5. The first-order valence-electron chi connectivity index (χ1n) is 7.06. The van der Waals surface area contributed by atoms with Gasteiger partial charge in [0.2, 0.25) is 5.89 Å². The van der Waals surface area contributed by atoms with Crippen molar-refractivity contribution in [2.45, 2.75) is 26.2 Å². The third-order valence-electron chi connectivity index (χ3n) is 3.59. The zero-order chi connectivity index (χ0) is 15.9. The summed E-state index contributed by atoms with van der Waals surface area (Å²) in [6, 6.07) is 12.8. The molecule has 0 amide bonds. The lowest BCUT2D eigenvalue weighted by Gasteiger charge is -2.18. The van der Waals surface area contributed by atoms with Crippen molar-refractivity contribution in [3.05, 3.63) is 63.5 Å². The van der Waals surface area contributed by atoms with Crippen molar-refractivity contribution in [3.63, 3.8) is 0 Å². The lowest BCUT2D eigenvalue weighted by Crippen LogP contribution is -2.10. The number of benzene rings is 2. The van der Waals surface area contributed by atoms with E-state index < -0.39 is 5.63 Å². The molecular formula is C18H16ClNO2. The molecule has 1 heterocycles. The Balaban J connectivity index is 2.12. The number of halogens is 1. The van der Waals surface area contributed by atoms with Crippen molar-refractivity contribution >= 4 is 22.5 Å². The molecule has 0 aliphatic rings. The molecular weight excluding hydrogens is 298 g/mol. The number of aromatic nitrogens is 1. The fraction of sp³-hybridized carbons (Fsp3) is 0.222. The SMILES string of the molecule is CC(C)(C)c1ccc(-c2nc3cc(Cl)ccc3c(=O)o2)cc1. The minimum Gasteiger partial charge on any atom is -0.403 e. The molecule has 22 heavy (non-hydrogen) atoms. The van der Waals surface area contributed by atoms with Crippen LogP contribution in [0.25, 0.3) is 22.4 Å². The molecule has 0 saturated carbocycles. The quantitative estimate of drug-likeness (QED) is 0.647. The molecule has 0 N–H and O–H groups in total. The van der Waals surface area contributed by atoms with Crippen LogP contribution in [0.15, 0.2) is 51.7 Å². The number of fused-ring (bicyclic) bond motifs is 1. The maximum absolute atomic E-state index is 12.1. The number of nitrogens with zero attached hydrogens (tertiary/aromatic N) is 1. The maximum Gasteiger partial charge on any atom is 0.347 e. The lowest BCUT2D eigenvalue weighted by molar-refractivity contribution is 0.518. The van der Waals surface area contributed by atoms with Gasteiger partial charge in [-0.2, -0.15) is 0 Å². The lowest BCUT2D eigenvalue weighted by atomic mass is 9.87. The van der Waals surface area contributed by atoms with Crippen LogP contribution in [-0.2, 0) is 5.41 Å². The molecule has 112 valence electrons. The van der Waals surface area contributed by atoms with Crippen LogP contribution in [0.3, 0.4) is 0 Å². The minimum atomic E-state index is -0.406. The van der Waals surface area contributed by atoms with Gasteiger partial charge < -0.3 is 4.42 Å². The fourth-order valence-electron chi connectivity index (χ4n) is 2.28. The molecule has 0 bridgehead atoms. The van der Waals surface area contributed by atoms with Crippen LogP contribution < -0.4 is 5.63 Å². The monoisotopic (exact) mass is 313 g/mol. The molecule has 3 rings (SSSR count). The molecule has 0 spiro atoms. The summed E-state index contributed by atoms with van der Waals surface area (Å²) in [5.74, 6) is 0.306.